The van der Waals surface area contributed by atoms with Crippen molar-refractivity contribution < 1.29 is 0 Å². The summed E-state index contributed by atoms with van der Waals surface area (Å²) in [6, 6.07) is 48.4. The predicted octanol–water partition coefficient (Wildman–Crippen LogP) is 9.36. The Kier molecular flexibility index (Phi) is 6.15. The fourth-order valence-corrected chi connectivity index (χ4v) is 5.24. The smallest absolute Gasteiger partial charge is 0.160 e. The number of rotatable bonds is 5. The van der Waals surface area contributed by atoms with Crippen molar-refractivity contribution in [2.24, 2.45) is 0 Å². The first-order chi connectivity index (χ1) is 19.8. The van der Waals surface area contributed by atoms with E-state index in [9.17, 15) is 0 Å². The minimum atomic E-state index is 0.718. The molecule has 0 fully saturated rings. The predicted molar refractivity (Wildman–Crippen MR) is 165 cm³/mol. The van der Waals surface area contributed by atoms with E-state index in [2.05, 4.69) is 96.0 Å². The molecule has 0 radical (unpaired) electrons. The van der Waals surface area contributed by atoms with Crippen LogP contribution in [0.2, 0.25) is 0 Å². The van der Waals surface area contributed by atoms with Crippen LogP contribution in [0.4, 0.5) is 0 Å². The number of aromatic nitrogens is 3. The average Bonchev–Trinajstić information content (AvgIpc) is 3.05. The third-order valence-corrected chi connectivity index (χ3v) is 7.21. The third kappa shape index (κ3) is 4.55. The minimum Gasteiger partial charge on any atom is -0.265 e. The summed E-state index contributed by atoms with van der Waals surface area (Å²) in [5, 5.41) is 2.35. The fraction of sp³-hybridized carbons (Fsp3) is 0. The molecule has 7 rings (SSSR count). The van der Waals surface area contributed by atoms with Crippen LogP contribution in [0.25, 0.3) is 66.9 Å². The molecule has 0 bridgehead atoms. The second-order valence-corrected chi connectivity index (χ2v) is 9.72. The maximum Gasteiger partial charge on any atom is 0.160 e. The maximum absolute atomic E-state index is 5.09. The molecule has 0 unspecified atom stereocenters. The third-order valence-electron chi connectivity index (χ3n) is 7.21. The van der Waals surface area contributed by atoms with E-state index in [-0.39, 0.29) is 0 Å². The van der Waals surface area contributed by atoms with Crippen molar-refractivity contribution in [3.8, 4) is 56.2 Å². The van der Waals surface area contributed by atoms with Crippen LogP contribution in [0.5, 0.6) is 0 Å². The van der Waals surface area contributed by atoms with Gasteiger partial charge in [-0.2, -0.15) is 0 Å². The van der Waals surface area contributed by atoms with Gasteiger partial charge < -0.3 is 0 Å². The molecule has 0 saturated carbocycles. The Bertz CT molecular complexity index is 1870. The van der Waals surface area contributed by atoms with Crippen LogP contribution in [0.3, 0.4) is 0 Å². The molecule has 0 aliphatic heterocycles. The van der Waals surface area contributed by atoms with Gasteiger partial charge >= 0.3 is 0 Å². The summed E-state index contributed by atoms with van der Waals surface area (Å²) in [5.41, 5.74) is 9.65. The number of pyridine rings is 1. The van der Waals surface area contributed by atoms with E-state index in [1.807, 2.05) is 60.9 Å². The van der Waals surface area contributed by atoms with Crippen molar-refractivity contribution in [1.29, 1.82) is 0 Å². The van der Waals surface area contributed by atoms with Crippen LogP contribution in [0.1, 0.15) is 0 Å². The topological polar surface area (TPSA) is 38.7 Å². The van der Waals surface area contributed by atoms with E-state index in [0.717, 1.165) is 44.9 Å². The van der Waals surface area contributed by atoms with E-state index in [1.165, 1.54) is 22.1 Å². The fourth-order valence-electron chi connectivity index (χ4n) is 5.24. The van der Waals surface area contributed by atoms with Crippen molar-refractivity contribution in [3.05, 3.63) is 152 Å². The van der Waals surface area contributed by atoms with Crippen LogP contribution in [-0.4, -0.2) is 15.0 Å². The Morgan fingerprint density at radius 3 is 1.68 bits per heavy atom. The first kappa shape index (κ1) is 23.7. The lowest BCUT2D eigenvalue weighted by atomic mass is 9.92. The number of fused-ring (bicyclic) bond motifs is 1. The molecule has 0 amide bonds. The molecule has 0 atom stereocenters. The molecule has 0 spiro atoms. The Labute approximate surface area is 233 Å². The van der Waals surface area contributed by atoms with Crippen molar-refractivity contribution in [3.63, 3.8) is 0 Å². The van der Waals surface area contributed by atoms with Gasteiger partial charge in [0.2, 0.25) is 0 Å². The highest BCUT2D eigenvalue weighted by Crippen LogP contribution is 2.37. The van der Waals surface area contributed by atoms with Crippen molar-refractivity contribution in [2.45, 2.75) is 0 Å². The molecule has 0 aliphatic carbocycles. The molecule has 0 N–H and O–H groups in total. The summed E-state index contributed by atoms with van der Waals surface area (Å²) < 4.78 is 0. The first-order valence-electron chi connectivity index (χ1n) is 13.4. The summed E-state index contributed by atoms with van der Waals surface area (Å²) in [4.78, 5) is 14.2. The second-order valence-electron chi connectivity index (χ2n) is 9.72. The summed E-state index contributed by atoms with van der Waals surface area (Å²) in [6.45, 7) is 0. The zero-order valence-corrected chi connectivity index (χ0v) is 21.8. The highest BCUT2D eigenvalue weighted by molar-refractivity contribution is 6.05. The van der Waals surface area contributed by atoms with Gasteiger partial charge in [-0.1, -0.05) is 115 Å². The number of nitrogens with zero attached hydrogens (tertiary/aromatic N) is 3. The number of hydrogen-bond donors (Lipinski definition) is 0. The molecule has 3 heteroatoms. The van der Waals surface area contributed by atoms with Crippen molar-refractivity contribution in [2.75, 3.05) is 0 Å². The number of benzene rings is 5. The largest absolute Gasteiger partial charge is 0.265 e. The quantitative estimate of drug-likeness (QED) is 0.231. The Morgan fingerprint density at radius 2 is 0.925 bits per heavy atom. The normalized spacial score (nSPS) is 11.0. The molecule has 2 heterocycles. The lowest BCUT2D eigenvalue weighted by molar-refractivity contribution is 1.18. The van der Waals surface area contributed by atoms with Gasteiger partial charge in [0, 0.05) is 29.1 Å². The van der Waals surface area contributed by atoms with Gasteiger partial charge in [-0.15, -0.1) is 0 Å². The Hall–Kier alpha value is -5.41. The summed E-state index contributed by atoms with van der Waals surface area (Å²) in [6.07, 6.45) is 3.67. The van der Waals surface area contributed by atoms with Crippen LogP contribution in [0, 0.1) is 0 Å². The van der Waals surface area contributed by atoms with E-state index in [1.54, 1.807) is 0 Å². The zero-order chi connectivity index (χ0) is 26.7. The first-order valence-corrected chi connectivity index (χ1v) is 13.4. The van der Waals surface area contributed by atoms with Gasteiger partial charge in [0.15, 0.2) is 5.82 Å². The van der Waals surface area contributed by atoms with Crippen molar-refractivity contribution >= 4 is 10.8 Å². The lowest BCUT2D eigenvalue weighted by Crippen LogP contribution is -1.96. The van der Waals surface area contributed by atoms with Crippen LogP contribution >= 0.6 is 0 Å². The van der Waals surface area contributed by atoms with Crippen LogP contribution in [0.15, 0.2) is 152 Å². The molecule has 3 nitrogen and oxygen atoms in total. The molecular formula is C37H25N3. The van der Waals surface area contributed by atoms with Gasteiger partial charge in [0.25, 0.3) is 0 Å². The Morgan fingerprint density at radius 1 is 0.350 bits per heavy atom. The summed E-state index contributed by atoms with van der Waals surface area (Å²) in [5.74, 6) is 0.718. The van der Waals surface area contributed by atoms with Gasteiger partial charge in [-0.25, -0.2) is 9.97 Å². The second kappa shape index (κ2) is 10.4. The highest BCUT2D eigenvalue weighted by atomic mass is 14.9. The summed E-state index contributed by atoms with van der Waals surface area (Å²) in [7, 11) is 0. The number of hydrogen-bond acceptors (Lipinski definition) is 3. The molecule has 0 saturated heterocycles. The summed E-state index contributed by atoms with van der Waals surface area (Å²) >= 11 is 0. The van der Waals surface area contributed by atoms with Gasteiger partial charge in [0.05, 0.1) is 11.4 Å². The zero-order valence-electron chi connectivity index (χ0n) is 21.8. The standard InChI is InChI=1S/C37H25N3/c1-3-10-27(11-4-1)35-25-36(40-37(39-35)28-12-5-2-6-13-28)34-19-18-31(32-16-7-8-17-33(32)34)30-15-9-14-29(24-30)26-20-22-38-23-21-26/h1-25H. The SMILES string of the molecule is c1ccc(-c2cc(-c3ccc(-c4cccc(-c5ccncc5)c4)c4ccccc34)nc(-c3ccccc3)n2)cc1. The van der Waals surface area contributed by atoms with E-state index < -0.39 is 0 Å². The molecule has 40 heavy (non-hydrogen) atoms. The van der Waals surface area contributed by atoms with Gasteiger partial charge in [0.1, 0.15) is 0 Å². The minimum absolute atomic E-state index is 0.718. The highest BCUT2D eigenvalue weighted by Gasteiger charge is 2.15. The average molecular weight is 512 g/mol. The van der Waals surface area contributed by atoms with E-state index in [4.69, 9.17) is 9.97 Å². The van der Waals surface area contributed by atoms with E-state index >= 15 is 0 Å². The molecular weight excluding hydrogens is 486 g/mol. The molecule has 188 valence electrons. The van der Waals surface area contributed by atoms with Crippen molar-refractivity contribution in [1.82, 2.24) is 15.0 Å². The lowest BCUT2D eigenvalue weighted by Gasteiger charge is -2.14. The molecule has 2 aromatic heterocycles. The van der Waals surface area contributed by atoms with Crippen LogP contribution < -0.4 is 0 Å². The van der Waals surface area contributed by atoms with Gasteiger partial charge in [-0.3, -0.25) is 4.98 Å². The molecule has 5 aromatic carbocycles. The van der Waals surface area contributed by atoms with Gasteiger partial charge in [-0.05, 0) is 57.3 Å². The molecule has 0 aliphatic rings. The maximum atomic E-state index is 5.09. The van der Waals surface area contributed by atoms with Crippen LogP contribution in [-0.2, 0) is 0 Å². The van der Waals surface area contributed by atoms with E-state index in [0.29, 0.717) is 0 Å². The molecule has 7 aromatic rings. The Balaban J connectivity index is 1.41. The monoisotopic (exact) mass is 511 g/mol.